The number of carbonyl (C=O) groups excluding carboxylic acids is 1. The van der Waals surface area contributed by atoms with Gasteiger partial charge in [-0.15, -0.1) is 0 Å². The van der Waals surface area contributed by atoms with Gasteiger partial charge in [0, 0.05) is 30.4 Å². The van der Waals surface area contributed by atoms with Crippen LogP contribution in [0.3, 0.4) is 0 Å². The molecule has 2 N–H and O–H groups in total. The van der Waals surface area contributed by atoms with Crippen LogP contribution in [-0.4, -0.2) is 47.3 Å². The van der Waals surface area contributed by atoms with Crippen LogP contribution in [0.4, 0.5) is 0 Å². The van der Waals surface area contributed by atoms with Crippen LogP contribution in [0.5, 0.6) is 5.88 Å². The number of aromatic nitrogens is 1. The molecule has 26 heavy (non-hydrogen) atoms. The van der Waals surface area contributed by atoms with Crippen LogP contribution in [0.25, 0.3) is 0 Å². The molecule has 1 aliphatic heterocycles. The van der Waals surface area contributed by atoms with Gasteiger partial charge in [0.15, 0.2) is 0 Å². The predicted octanol–water partition coefficient (Wildman–Crippen LogP) is 2.40. The first kappa shape index (κ1) is 18.6. The third kappa shape index (κ3) is 4.94. The minimum absolute atomic E-state index is 0.140. The number of aliphatic carboxylic acids is 1. The van der Waals surface area contributed by atoms with Crippen molar-refractivity contribution in [2.45, 2.75) is 57.1 Å². The van der Waals surface area contributed by atoms with Crippen LogP contribution in [0.15, 0.2) is 18.3 Å². The molecular weight excluding hydrogens is 336 g/mol. The average Bonchev–Trinajstić information content (AvgIpc) is 2.67. The fourth-order valence-corrected chi connectivity index (χ4v) is 3.60. The van der Waals surface area contributed by atoms with E-state index in [0.717, 1.165) is 38.5 Å². The topological polar surface area (TPSA) is 97.8 Å². The lowest BCUT2D eigenvalue weighted by Gasteiger charge is -2.28. The number of carboxylic acid groups (broad SMARTS) is 1. The molecule has 1 aromatic heterocycles. The quantitative estimate of drug-likeness (QED) is 0.806. The normalized spacial score (nSPS) is 22.4. The number of hydrogen-bond donors (Lipinski definition) is 2. The van der Waals surface area contributed by atoms with Crippen molar-refractivity contribution >= 4 is 11.9 Å². The van der Waals surface area contributed by atoms with E-state index >= 15 is 0 Å². The molecule has 2 atom stereocenters. The molecule has 2 aliphatic rings. The average molecular weight is 362 g/mol. The Labute approximate surface area is 153 Å². The fraction of sp³-hybridized carbons (Fsp3) is 0.632. The maximum Gasteiger partial charge on any atom is 0.326 e. The van der Waals surface area contributed by atoms with Crippen molar-refractivity contribution in [3.63, 3.8) is 0 Å². The van der Waals surface area contributed by atoms with E-state index in [4.69, 9.17) is 9.47 Å². The molecule has 0 aromatic carbocycles. The highest BCUT2D eigenvalue weighted by atomic mass is 16.5. The van der Waals surface area contributed by atoms with E-state index in [1.807, 2.05) is 0 Å². The molecule has 7 nitrogen and oxygen atoms in total. The number of nitrogens with one attached hydrogen (secondary N) is 1. The molecule has 0 spiro atoms. The lowest BCUT2D eigenvalue weighted by molar-refractivity contribution is -0.142. The van der Waals surface area contributed by atoms with Gasteiger partial charge in [-0.3, -0.25) is 4.79 Å². The third-order valence-electron chi connectivity index (χ3n) is 5.06. The largest absolute Gasteiger partial charge is 0.480 e. The van der Waals surface area contributed by atoms with E-state index in [1.165, 1.54) is 12.6 Å². The predicted molar refractivity (Wildman–Crippen MR) is 94.2 cm³/mol. The summed E-state index contributed by atoms with van der Waals surface area (Å²) in [5.74, 6) is -1.28. The first-order chi connectivity index (χ1) is 12.6. The van der Waals surface area contributed by atoms with E-state index < -0.39 is 17.9 Å². The van der Waals surface area contributed by atoms with Crippen molar-refractivity contribution in [1.82, 2.24) is 10.3 Å². The summed E-state index contributed by atoms with van der Waals surface area (Å²) in [5.41, 5.74) is 0.355. The van der Waals surface area contributed by atoms with E-state index in [2.05, 4.69) is 10.3 Å². The Morgan fingerprint density at radius 2 is 2.04 bits per heavy atom. The van der Waals surface area contributed by atoms with Gasteiger partial charge < -0.3 is 19.9 Å². The zero-order valence-corrected chi connectivity index (χ0v) is 14.9. The van der Waals surface area contributed by atoms with Crippen LogP contribution in [0.1, 0.15) is 55.3 Å². The zero-order valence-electron chi connectivity index (χ0n) is 14.9. The van der Waals surface area contributed by atoms with Gasteiger partial charge in [-0.1, -0.05) is 6.42 Å². The van der Waals surface area contributed by atoms with Crippen LogP contribution >= 0.6 is 0 Å². The molecule has 0 radical (unpaired) electrons. The minimum Gasteiger partial charge on any atom is -0.480 e. The van der Waals surface area contributed by atoms with E-state index in [1.54, 1.807) is 12.1 Å². The fourth-order valence-electron chi connectivity index (χ4n) is 3.60. The molecule has 2 unspecified atom stereocenters. The third-order valence-corrected chi connectivity index (χ3v) is 5.06. The Morgan fingerprint density at radius 1 is 1.23 bits per heavy atom. The Balaban J connectivity index is 1.64. The molecular formula is C19H26N2O5. The van der Waals surface area contributed by atoms with Crippen molar-refractivity contribution in [3.05, 3.63) is 23.9 Å². The molecule has 0 bridgehead atoms. The highest BCUT2D eigenvalue weighted by molar-refractivity contribution is 5.96. The molecule has 3 rings (SSSR count). The van der Waals surface area contributed by atoms with Crippen molar-refractivity contribution in [1.29, 1.82) is 0 Å². The summed E-state index contributed by atoms with van der Waals surface area (Å²) >= 11 is 0. The van der Waals surface area contributed by atoms with Gasteiger partial charge >= 0.3 is 5.97 Å². The maximum absolute atomic E-state index is 12.5. The van der Waals surface area contributed by atoms with Crippen LogP contribution in [-0.2, 0) is 9.53 Å². The zero-order chi connectivity index (χ0) is 18.4. The maximum atomic E-state index is 12.5. The highest BCUT2D eigenvalue weighted by Gasteiger charge is 2.31. The monoisotopic (exact) mass is 362 g/mol. The molecule has 1 saturated heterocycles. The Bertz CT molecular complexity index is 624. The molecule has 1 aliphatic carbocycles. The Hall–Kier alpha value is -2.15. The van der Waals surface area contributed by atoms with E-state index in [0.29, 0.717) is 24.7 Å². The molecule has 1 aromatic rings. The minimum atomic E-state index is -1.04. The summed E-state index contributed by atoms with van der Waals surface area (Å²) in [6.07, 6.45) is 8.72. The van der Waals surface area contributed by atoms with Gasteiger partial charge in [0.1, 0.15) is 12.1 Å². The number of pyridine rings is 1. The summed E-state index contributed by atoms with van der Waals surface area (Å²) in [6.45, 7) is 0.993. The number of rotatable bonds is 6. The van der Waals surface area contributed by atoms with Crippen molar-refractivity contribution in [2.24, 2.45) is 5.92 Å². The lowest BCUT2D eigenvalue weighted by Crippen LogP contribution is -2.48. The van der Waals surface area contributed by atoms with Gasteiger partial charge in [0.2, 0.25) is 5.88 Å². The second-order valence-corrected chi connectivity index (χ2v) is 7.03. The van der Waals surface area contributed by atoms with Crippen molar-refractivity contribution in [2.75, 3.05) is 13.2 Å². The van der Waals surface area contributed by atoms with Crippen molar-refractivity contribution in [3.8, 4) is 5.88 Å². The second kappa shape index (κ2) is 8.98. The number of carbonyl (C=O) groups is 2. The van der Waals surface area contributed by atoms with Gasteiger partial charge in [-0.05, 0) is 44.6 Å². The molecule has 2 heterocycles. The van der Waals surface area contributed by atoms with Gasteiger partial charge in [0.25, 0.3) is 5.91 Å². The SMILES string of the molecule is O=C(NC(C(=O)O)C1CCCOC1)c1ccnc(OC2CCCCC2)c1. The number of amides is 1. The highest BCUT2D eigenvalue weighted by Crippen LogP contribution is 2.23. The first-order valence-corrected chi connectivity index (χ1v) is 9.37. The molecule has 142 valence electrons. The van der Waals surface area contributed by atoms with Crippen LogP contribution in [0.2, 0.25) is 0 Å². The van der Waals surface area contributed by atoms with Gasteiger partial charge in [-0.2, -0.15) is 0 Å². The Morgan fingerprint density at radius 3 is 2.73 bits per heavy atom. The molecule has 1 amide bonds. The standard InChI is InChI=1S/C19H26N2O5/c22-18(21-17(19(23)24)14-5-4-10-25-12-14)13-8-9-20-16(11-13)26-15-6-2-1-3-7-15/h8-9,11,14-15,17H,1-7,10,12H2,(H,21,22)(H,23,24). The molecule has 2 fully saturated rings. The summed E-state index contributed by atoms with van der Waals surface area (Å²) in [5, 5.41) is 12.1. The summed E-state index contributed by atoms with van der Waals surface area (Å²) < 4.78 is 11.2. The summed E-state index contributed by atoms with van der Waals surface area (Å²) in [4.78, 5) is 28.3. The lowest BCUT2D eigenvalue weighted by atomic mass is 9.93. The van der Waals surface area contributed by atoms with E-state index in [-0.39, 0.29) is 12.0 Å². The van der Waals surface area contributed by atoms with Crippen LogP contribution in [0, 0.1) is 5.92 Å². The number of carboxylic acids is 1. The Kier molecular flexibility index (Phi) is 6.44. The smallest absolute Gasteiger partial charge is 0.326 e. The van der Waals surface area contributed by atoms with Gasteiger partial charge in [0.05, 0.1) is 6.61 Å². The van der Waals surface area contributed by atoms with E-state index in [9.17, 15) is 14.7 Å². The number of hydrogen-bond acceptors (Lipinski definition) is 5. The summed E-state index contributed by atoms with van der Waals surface area (Å²) in [6, 6.07) is 2.19. The second-order valence-electron chi connectivity index (χ2n) is 7.03. The van der Waals surface area contributed by atoms with Crippen molar-refractivity contribution < 1.29 is 24.2 Å². The van der Waals surface area contributed by atoms with Gasteiger partial charge in [-0.25, -0.2) is 9.78 Å². The molecule has 1 saturated carbocycles. The number of ether oxygens (including phenoxy) is 2. The number of nitrogens with zero attached hydrogens (tertiary/aromatic N) is 1. The van der Waals surface area contributed by atoms with Crippen LogP contribution < -0.4 is 10.1 Å². The molecule has 7 heteroatoms. The first-order valence-electron chi connectivity index (χ1n) is 9.37. The summed E-state index contributed by atoms with van der Waals surface area (Å²) in [7, 11) is 0.